The average Bonchev–Trinajstić information content (AvgIpc) is 2.87. The van der Waals surface area contributed by atoms with Crippen molar-refractivity contribution in [3.05, 3.63) is 95.3 Å². The lowest BCUT2D eigenvalue weighted by Gasteiger charge is -2.12. The first-order chi connectivity index (χ1) is 17.2. The molecule has 0 saturated heterocycles. The molecule has 8 heteroatoms. The fraction of sp³-hybridized carbons (Fsp3) is 0.179. The number of rotatable bonds is 9. The standard InChI is InChI=1S/C27H28N4O2.CO2/c1-4-18-7-11-22(21-10-12-24(30-16-21)27(33)31-15-17(2)3)23(13-18)25(32)14-19-5-8-20(9-6-19)26(28)29;2-1-3/h4-13,16-17H,1,14-15H2,2-3H3,(H3,28,29)(H,31,33);. The van der Waals surface area contributed by atoms with Crippen molar-refractivity contribution in [3.63, 3.8) is 0 Å². The van der Waals surface area contributed by atoms with E-state index in [1.54, 1.807) is 48.7 Å². The maximum Gasteiger partial charge on any atom is 0.373 e. The van der Waals surface area contributed by atoms with Crippen LogP contribution in [-0.4, -0.2) is 35.2 Å². The Balaban J connectivity index is 0.00000145. The third kappa shape index (κ3) is 7.68. The highest BCUT2D eigenvalue weighted by molar-refractivity contribution is 6.04. The Morgan fingerprint density at radius 3 is 2.31 bits per heavy atom. The van der Waals surface area contributed by atoms with Gasteiger partial charge in [-0.25, -0.2) is 0 Å². The molecule has 0 unspecified atom stereocenters. The minimum absolute atomic E-state index is 0.0114. The number of Topliss-reactive ketones (excluding diaryl/α,β-unsaturated/α-hetero) is 1. The van der Waals surface area contributed by atoms with Crippen molar-refractivity contribution in [2.75, 3.05) is 6.54 Å². The molecule has 0 bridgehead atoms. The summed E-state index contributed by atoms with van der Waals surface area (Å²) in [6, 6.07) is 16.1. The topological polar surface area (TPSA) is 143 Å². The van der Waals surface area contributed by atoms with Gasteiger partial charge in [0.25, 0.3) is 5.91 Å². The lowest BCUT2D eigenvalue weighted by molar-refractivity contribution is -0.191. The Kier molecular flexibility index (Phi) is 10.2. The molecular weight excluding hydrogens is 456 g/mol. The van der Waals surface area contributed by atoms with Gasteiger partial charge in [-0.1, -0.05) is 69.0 Å². The van der Waals surface area contributed by atoms with Gasteiger partial charge in [0.15, 0.2) is 5.78 Å². The Hall–Kier alpha value is -4.68. The van der Waals surface area contributed by atoms with Crippen molar-refractivity contribution >= 4 is 29.8 Å². The highest BCUT2D eigenvalue weighted by Gasteiger charge is 2.16. The van der Waals surface area contributed by atoms with Gasteiger partial charge in [0.05, 0.1) is 0 Å². The third-order valence-corrected chi connectivity index (χ3v) is 5.19. The normalized spacial score (nSPS) is 9.97. The van der Waals surface area contributed by atoms with E-state index in [1.165, 1.54) is 0 Å². The van der Waals surface area contributed by atoms with Gasteiger partial charge in [-0.05, 0) is 34.7 Å². The number of aromatic nitrogens is 1. The van der Waals surface area contributed by atoms with Gasteiger partial charge in [0.1, 0.15) is 11.5 Å². The summed E-state index contributed by atoms with van der Waals surface area (Å²) in [5.74, 6) is 0.0668. The van der Waals surface area contributed by atoms with Crippen molar-refractivity contribution in [2.24, 2.45) is 11.7 Å². The number of nitrogen functional groups attached to an aromatic ring is 1. The number of carbonyl (C=O) groups is 2. The SMILES string of the molecule is C=Cc1ccc(-c2ccc(C(=O)NCC(C)C)nc2)c(C(=O)Cc2ccc(C(=N)N)cc2)c1.O=C=O. The number of amides is 1. The Labute approximate surface area is 209 Å². The van der Waals surface area contributed by atoms with E-state index in [9.17, 15) is 9.59 Å². The smallest absolute Gasteiger partial charge is 0.373 e. The average molecular weight is 485 g/mol. The van der Waals surface area contributed by atoms with Crippen LogP contribution >= 0.6 is 0 Å². The number of nitrogens with one attached hydrogen (secondary N) is 2. The molecule has 3 rings (SSSR count). The van der Waals surface area contributed by atoms with Crippen LogP contribution < -0.4 is 11.1 Å². The van der Waals surface area contributed by atoms with E-state index in [0.29, 0.717) is 29.3 Å². The summed E-state index contributed by atoms with van der Waals surface area (Å²) < 4.78 is 0. The fourth-order valence-corrected chi connectivity index (χ4v) is 3.33. The maximum atomic E-state index is 13.2. The van der Waals surface area contributed by atoms with Crippen LogP contribution in [0.4, 0.5) is 0 Å². The highest BCUT2D eigenvalue weighted by atomic mass is 16.2. The fourth-order valence-electron chi connectivity index (χ4n) is 3.33. The molecule has 1 heterocycles. The Morgan fingerprint density at radius 1 is 1.11 bits per heavy atom. The largest absolute Gasteiger partial charge is 0.384 e. The first-order valence-corrected chi connectivity index (χ1v) is 11.2. The second kappa shape index (κ2) is 13.3. The van der Waals surface area contributed by atoms with Crippen molar-refractivity contribution in [1.82, 2.24) is 10.3 Å². The summed E-state index contributed by atoms with van der Waals surface area (Å²) in [5.41, 5.74) is 10.2. The maximum absolute atomic E-state index is 13.2. The molecule has 0 radical (unpaired) electrons. The van der Waals surface area contributed by atoms with Crippen molar-refractivity contribution in [1.29, 1.82) is 5.41 Å². The quantitative estimate of drug-likeness (QED) is 0.239. The molecule has 0 fully saturated rings. The van der Waals surface area contributed by atoms with E-state index in [1.807, 2.05) is 32.0 Å². The third-order valence-electron chi connectivity index (χ3n) is 5.19. The summed E-state index contributed by atoms with van der Waals surface area (Å²) in [5, 5.41) is 10.4. The van der Waals surface area contributed by atoms with E-state index in [-0.39, 0.29) is 30.1 Å². The van der Waals surface area contributed by atoms with E-state index in [4.69, 9.17) is 20.7 Å². The number of ketones is 1. The van der Waals surface area contributed by atoms with Gasteiger partial charge >= 0.3 is 6.15 Å². The molecule has 1 amide bonds. The van der Waals surface area contributed by atoms with E-state index in [0.717, 1.165) is 22.3 Å². The van der Waals surface area contributed by atoms with E-state index >= 15 is 0 Å². The summed E-state index contributed by atoms with van der Waals surface area (Å²) >= 11 is 0. The minimum atomic E-state index is -0.220. The van der Waals surface area contributed by atoms with Gasteiger partial charge in [0, 0.05) is 35.9 Å². The minimum Gasteiger partial charge on any atom is -0.384 e. The zero-order valence-electron chi connectivity index (χ0n) is 20.2. The van der Waals surface area contributed by atoms with Crippen molar-refractivity contribution in [3.8, 4) is 11.1 Å². The lowest BCUT2D eigenvalue weighted by Crippen LogP contribution is -2.27. The molecule has 0 aliphatic heterocycles. The van der Waals surface area contributed by atoms with Crippen molar-refractivity contribution < 1.29 is 19.2 Å². The van der Waals surface area contributed by atoms with E-state index < -0.39 is 0 Å². The Morgan fingerprint density at radius 2 is 1.78 bits per heavy atom. The molecule has 0 aliphatic rings. The van der Waals surface area contributed by atoms with Gasteiger partial charge < -0.3 is 11.1 Å². The highest BCUT2D eigenvalue weighted by Crippen LogP contribution is 2.26. The molecule has 0 spiro atoms. The summed E-state index contributed by atoms with van der Waals surface area (Å²) in [7, 11) is 0. The molecule has 4 N–H and O–H groups in total. The number of hydrogen-bond donors (Lipinski definition) is 3. The van der Waals surface area contributed by atoms with Gasteiger partial charge in [-0.3, -0.25) is 20.0 Å². The summed E-state index contributed by atoms with van der Waals surface area (Å²) in [6.45, 7) is 8.44. The number of amidine groups is 1. The molecule has 36 heavy (non-hydrogen) atoms. The number of pyridine rings is 1. The van der Waals surface area contributed by atoms with Crippen LogP contribution in [0, 0.1) is 11.3 Å². The van der Waals surface area contributed by atoms with Crippen LogP contribution in [0.3, 0.4) is 0 Å². The molecule has 0 atom stereocenters. The van der Waals surface area contributed by atoms with E-state index in [2.05, 4.69) is 16.9 Å². The molecule has 3 aromatic rings. The zero-order chi connectivity index (χ0) is 26.7. The predicted octanol–water partition coefficient (Wildman–Crippen LogP) is 3.90. The number of nitrogens with zero attached hydrogens (tertiary/aromatic N) is 1. The van der Waals surface area contributed by atoms with Gasteiger partial charge in [-0.15, -0.1) is 0 Å². The number of carbonyl (C=O) groups excluding carboxylic acids is 4. The molecular formula is C28H28N4O4. The number of benzene rings is 2. The molecule has 184 valence electrons. The van der Waals surface area contributed by atoms with Crippen molar-refractivity contribution in [2.45, 2.75) is 20.3 Å². The van der Waals surface area contributed by atoms with Crippen LogP contribution in [0.15, 0.2) is 67.4 Å². The first-order valence-electron chi connectivity index (χ1n) is 11.2. The molecule has 0 aliphatic carbocycles. The zero-order valence-corrected chi connectivity index (χ0v) is 20.2. The molecule has 2 aromatic carbocycles. The van der Waals surface area contributed by atoms with Gasteiger partial charge in [0.2, 0.25) is 0 Å². The van der Waals surface area contributed by atoms with Gasteiger partial charge in [-0.2, -0.15) is 9.59 Å². The molecule has 0 saturated carbocycles. The number of nitrogens with two attached hydrogens (primary N) is 1. The van der Waals surface area contributed by atoms with Crippen LogP contribution in [-0.2, 0) is 16.0 Å². The molecule has 8 nitrogen and oxygen atoms in total. The lowest BCUT2D eigenvalue weighted by atomic mass is 9.93. The first kappa shape index (κ1) is 27.6. The molecule has 1 aromatic heterocycles. The second-order valence-electron chi connectivity index (χ2n) is 8.34. The van der Waals surface area contributed by atoms with Crippen LogP contribution in [0.1, 0.15) is 51.4 Å². The predicted molar refractivity (Wildman–Crippen MR) is 137 cm³/mol. The monoisotopic (exact) mass is 484 g/mol. The summed E-state index contributed by atoms with van der Waals surface area (Å²) in [4.78, 5) is 46.1. The summed E-state index contributed by atoms with van der Waals surface area (Å²) in [6.07, 6.45) is 3.77. The van der Waals surface area contributed by atoms with Crippen LogP contribution in [0.2, 0.25) is 0 Å². The Bertz CT molecular complexity index is 1270. The van der Waals surface area contributed by atoms with Crippen LogP contribution in [0.25, 0.3) is 17.2 Å². The second-order valence-corrected chi connectivity index (χ2v) is 8.34. The van der Waals surface area contributed by atoms with Crippen LogP contribution in [0.5, 0.6) is 0 Å². The number of hydrogen-bond acceptors (Lipinski definition) is 6.